The van der Waals surface area contributed by atoms with E-state index in [1.165, 1.54) is 13.8 Å². The van der Waals surface area contributed by atoms with Gasteiger partial charge in [0, 0.05) is 37.8 Å². The maximum Gasteiger partial charge on any atom is 0.255 e. The van der Waals surface area contributed by atoms with Crippen molar-refractivity contribution < 1.29 is 14.4 Å². The number of nitrogens with one attached hydrogen (secondary N) is 3. The number of amides is 3. The number of aromatic nitrogens is 2. The van der Waals surface area contributed by atoms with Crippen LogP contribution in [-0.4, -0.2) is 27.5 Å². The van der Waals surface area contributed by atoms with E-state index in [4.69, 9.17) is 0 Å². The molecule has 0 spiro atoms. The number of hydrogen-bond donors (Lipinski definition) is 3. The third kappa shape index (κ3) is 4.43. The van der Waals surface area contributed by atoms with Gasteiger partial charge in [-0.3, -0.25) is 19.1 Å². The van der Waals surface area contributed by atoms with Crippen LogP contribution in [-0.2, 0) is 16.6 Å². The quantitative estimate of drug-likeness (QED) is 0.791. The van der Waals surface area contributed by atoms with Gasteiger partial charge in [0.1, 0.15) is 0 Å². The molecule has 3 amide bonds. The van der Waals surface area contributed by atoms with Crippen molar-refractivity contribution in [2.24, 2.45) is 7.05 Å². The van der Waals surface area contributed by atoms with Crippen molar-refractivity contribution in [3.05, 3.63) is 35.2 Å². The highest BCUT2D eigenvalue weighted by molar-refractivity contribution is 6.07. The highest BCUT2D eigenvalue weighted by atomic mass is 16.2. The summed E-state index contributed by atoms with van der Waals surface area (Å²) in [6.07, 6.45) is 0. The van der Waals surface area contributed by atoms with Gasteiger partial charge in [-0.25, -0.2) is 0 Å². The standard InChI is InChI=1S/C17H21N5O3/c1-9-16(10(2)22(5)21-9)20-17(25)13-6-14(18-11(3)23)8-15(7-13)19-12(4)24/h6-8H,1-5H3,(H,18,23)(H,19,24)(H,20,25). The Labute approximate surface area is 145 Å². The van der Waals surface area contributed by atoms with Crippen LogP contribution in [0.1, 0.15) is 35.6 Å². The van der Waals surface area contributed by atoms with Gasteiger partial charge in [-0.1, -0.05) is 0 Å². The Bertz CT molecular complexity index is 820. The number of rotatable bonds is 4. The lowest BCUT2D eigenvalue weighted by atomic mass is 10.1. The van der Waals surface area contributed by atoms with Crippen molar-refractivity contribution in [3.63, 3.8) is 0 Å². The molecule has 0 fully saturated rings. The Hall–Kier alpha value is -3.16. The summed E-state index contributed by atoms with van der Waals surface area (Å²) in [5.74, 6) is -0.909. The minimum atomic E-state index is -0.363. The van der Waals surface area contributed by atoms with Crippen molar-refractivity contribution in [2.75, 3.05) is 16.0 Å². The summed E-state index contributed by atoms with van der Waals surface area (Å²) in [6, 6.07) is 4.67. The normalized spacial score (nSPS) is 10.3. The number of carbonyl (C=O) groups is 3. The molecule has 0 saturated heterocycles. The topological polar surface area (TPSA) is 105 Å². The molecule has 132 valence electrons. The van der Waals surface area contributed by atoms with E-state index < -0.39 is 0 Å². The van der Waals surface area contributed by atoms with E-state index in [1.807, 2.05) is 6.92 Å². The number of carbonyl (C=O) groups excluding carboxylic acids is 3. The summed E-state index contributed by atoms with van der Waals surface area (Å²) < 4.78 is 1.68. The maximum absolute atomic E-state index is 12.6. The van der Waals surface area contributed by atoms with Crippen LogP contribution in [0.5, 0.6) is 0 Å². The molecule has 0 saturated carbocycles. The van der Waals surface area contributed by atoms with Crippen molar-refractivity contribution in [3.8, 4) is 0 Å². The van der Waals surface area contributed by atoms with Gasteiger partial charge in [-0.05, 0) is 32.0 Å². The van der Waals surface area contributed by atoms with Gasteiger partial charge in [-0.2, -0.15) is 5.10 Å². The smallest absolute Gasteiger partial charge is 0.255 e. The number of hydrogen-bond acceptors (Lipinski definition) is 4. The molecular weight excluding hydrogens is 322 g/mol. The lowest BCUT2D eigenvalue weighted by Gasteiger charge is -2.11. The molecule has 0 aliphatic rings. The third-order valence-corrected chi connectivity index (χ3v) is 3.58. The zero-order valence-electron chi connectivity index (χ0n) is 14.9. The summed E-state index contributed by atoms with van der Waals surface area (Å²) in [5, 5.41) is 12.3. The number of benzene rings is 1. The molecule has 8 nitrogen and oxygen atoms in total. The number of aryl methyl sites for hydroxylation is 2. The van der Waals surface area contributed by atoms with E-state index in [1.54, 1.807) is 36.9 Å². The average molecular weight is 343 g/mol. The van der Waals surface area contributed by atoms with Gasteiger partial charge in [0.05, 0.1) is 17.1 Å². The molecular formula is C17H21N5O3. The van der Waals surface area contributed by atoms with E-state index in [2.05, 4.69) is 21.0 Å². The zero-order chi connectivity index (χ0) is 18.7. The molecule has 2 rings (SSSR count). The second-order valence-electron chi connectivity index (χ2n) is 5.78. The molecule has 25 heavy (non-hydrogen) atoms. The largest absolute Gasteiger partial charge is 0.326 e. The molecule has 0 radical (unpaired) electrons. The minimum absolute atomic E-state index is 0.273. The molecule has 1 aromatic carbocycles. The van der Waals surface area contributed by atoms with Gasteiger partial charge in [0.15, 0.2) is 0 Å². The second-order valence-corrected chi connectivity index (χ2v) is 5.78. The lowest BCUT2D eigenvalue weighted by molar-refractivity contribution is -0.115. The lowest BCUT2D eigenvalue weighted by Crippen LogP contribution is -2.15. The van der Waals surface area contributed by atoms with E-state index in [-0.39, 0.29) is 17.7 Å². The van der Waals surface area contributed by atoms with Crippen LogP contribution in [0.25, 0.3) is 0 Å². The first kappa shape index (κ1) is 18.2. The van der Waals surface area contributed by atoms with E-state index in [9.17, 15) is 14.4 Å². The van der Waals surface area contributed by atoms with Gasteiger partial charge >= 0.3 is 0 Å². The third-order valence-electron chi connectivity index (χ3n) is 3.58. The summed E-state index contributed by atoms with van der Waals surface area (Å²) in [7, 11) is 1.80. The molecule has 3 N–H and O–H groups in total. The highest BCUT2D eigenvalue weighted by Crippen LogP contribution is 2.23. The predicted molar refractivity (Wildman–Crippen MR) is 95.7 cm³/mol. The zero-order valence-corrected chi connectivity index (χ0v) is 14.9. The van der Waals surface area contributed by atoms with Crippen molar-refractivity contribution in [1.29, 1.82) is 0 Å². The van der Waals surface area contributed by atoms with E-state index >= 15 is 0 Å². The van der Waals surface area contributed by atoms with Crippen LogP contribution in [0.2, 0.25) is 0 Å². The van der Waals surface area contributed by atoms with Gasteiger partial charge in [-0.15, -0.1) is 0 Å². The fraction of sp³-hybridized carbons (Fsp3) is 0.294. The monoisotopic (exact) mass is 343 g/mol. The molecule has 1 heterocycles. The van der Waals surface area contributed by atoms with Crippen molar-refractivity contribution in [1.82, 2.24) is 9.78 Å². The molecule has 1 aromatic heterocycles. The Balaban J connectivity index is 2.36. The van der Waals surface area contributed by atoms with E-state index in [0.29, 0.717) is 28.3 Å². The van der Waals surface area contributed by atoms with Crippen LogP contribution in [0.3, 0.4) is 0 Å². The Morgan fingerprint density at radius 3 is 1.84 bits per heavy atom. The van der Waals surface area contributed by atoms with Gasteiger partial charge < -0.3 is 16.0 Å². The Morgan fingerprint density at radius 2 is 1.44 bits per heavy atom. The SMILES string of the molecule is CC(=O)Nc1cc(NC(C)=O)cc(C(=O)Nc2c(C)nn(C)c2C)c1. The number of nitrogens with zero attached hydrogens (tertiary/aromatic N) is 2. The fourth-order valence-corrected chi connectivity index (χ4v) is 2.45. The highest BCUT2D eigenvalue weighted by Gasteiger charge is 2.15. The fourth-order valence-electron chi connectivity index (χ4n) is 2.45. The maximum atomic E-state index is 12.6. The van der Waals surface area contributed by atoms with Crippen LogP contribution in [0.4, 0.5) is 17.1 Å². The minimum Gasteiger partial charge on any atom is -0.326 e. The molecule has 0 bridgehead atoms. The summed E-state index contributed by atoms with van der Waals surface area (Å²) >= 11 is 0. The van der Waals surface area contributed by atoms with Crippen molar-refractivity contribution >= 4 is 34.8 Å². The first-order valence-corrected chi connectivity index (χ1v) is 7.69. The van der Waals surface area contributed by atoms with E-state index in [0.717, 1.165) is 5.69 Å². The number of anilines is 3. The molecule has 8 heteroatoms. The summed E-state index contributed by atoms with van der Waals surface area (Å²) in [4.78, 5) is 35.2. The molecule has 0 aliphatic carbocycles. The van der Waals surface area contributed by atoms with Crippen LogP contribution < -0.4 is 16.0 Å². The first-order chi connectivity index (χ1) is 11.7. The average Bonchev–Trinajstić information content (AvgIpc) is 2.72. The first-order valence-electron chi connectivity index (χ1n) is 7.69. The molecule has 2 aromatic rings. The summed E-state index contributed by atoms with van der Waals surface area (Å²) in [6.45, 7) is 6.39. The van der Waals surface area contributed by atoms with Crippen molar-refractivity contribution in [2.45, 2.75) is 27.7 Å². The van der Waals surface area contributed by atoms with Gasteiger partial charge in [0.25, 0.3) is 5.91 Å². The Morgan fingerprint density at radius 1 is 0.920 bits per heavy atom. The molecule has 0 unspecified atom stereocenters. The second kappa shape index (κ2) is 7.16. The van der Waals surface area contributed by atoms with Crippen LogP contribution in [0, 0.1) is 13.8 Å². The van der Waals surface area contributed by atoms with Gasteiger partial charge in [0.2, 0.25) is 11.8 Å². The molecule has 0 aliphatic heterocycles. The Kier molecular flexibility index (Phi) is 5.21. The predicted octanol–water partition coefficient (Wildman–Crippen LogP) is 2.21. The van der Waals surface area contributed by atoms with Crippen LogP contribution >= 0.6 is 0 Å². The van der Waals surface area contributed by atoms with Crippen LogP contribution in [0.15, 0.2) is 18.2 Å². The summed E-state index contributed by atoms with van der Waals surface area (Å²) in [5.41, 5.74) is 3.31. The molecule has 0 atom stereocenters.